The summed E-state index contributed by atoms with van der Waals surface area (Å²) in [5.74, 6) is 0. The Morgan fingerprint density at radius 2 is 1.82 bits per heavy atom. The van der Waals surface area contributed by atoms with Crippen molar-refractivity contribution in [1.82, 2.24) is 0 Å². The zero-order chi connectivity index (χ0) is 16.2. The molecule has 1 amide bonds. The van der Waals surface area contributed by atoms with Gasteiger partial charge in [0.25, 0.3) is 0 Å². The summed E-state index contributed by atoms with van der Waals surface area (Å²) in [5, 5.41) is 7.53. The largest absolute Gasteiger partial charge is 0.444 e. The molecule has 2 aromatic rings. The second-order valence-electron chi connectivity index (χ2n) is 4.35. The molecule has 0 aliphatic heterocycles. The highest BCUT2D eigenvalue weighted by Gasteiger charge is 2.19. The second-order valence-corrected chi connectivity index (χ2v) is 6.70. The van der Waals surface area contributed by atoms with Crippen molar-refractivity contribution in [2.75, 3.05) is 5.32 Å². The number of primary sulfonamides is 1. The molecule has 3 N–H and O–H groups in total. The molecule has 0 radical (unpaired) electrons. The number of halogens is 1. The highest BCUT2D eigenvalue weighted by Crippen LogP contribution is 2.28. The van der Waals surface area contributed by atoms with Gasteiger partial charge >= 0.3 is 6.09 Å². The fourth-order valence-electron chi connectivity index (χ4n) is 1.77. The van der Waals surface area contributed by atoms with Crippen molar-refractivity contribution < 1.29 is 17.9 Å². The monoisotopic (exact) mass is 384 g/mol. The molecule has 0 saturated heterocycles. The average molecular weight is 385 g/mol. The van der Waals surface area contributed by atoms with Gasteiger partial charge in [0.15, 0.2) is 0 Å². The number of anilines is 1. The van der Waals surface area contributed by atoms with Crippen molar-refractivity contribution in [1.29, 1.82) is 0 Å². The van der Waals surface area contributed by atoms with E-state index in [2.05, 4.69) is 21.2 Å². The van der Waals surface area contributed by atoms with Crippen LogP contribution in [0, 0.1) is 0 Å². The van der Waals surface area contributed by atoms with Crippen molar-refractivity contribution in [3.63, 3.8) is 0 Å². The predicted molar refractivity (Wildman–Crippen MR) is 85.8 cm³/mol. The van der Waals surface area contributed by atoms with Gasteiger partial charge in [0.2, 0.25) is 10.0 Å². The number of carbonyl (C=O) groups excluding carboxylic acids is 1. The van der Waals surface area contributed by atoms with Crippen LogP contribution in [0.4, 0.5) is 10.5 Å². The van der Waals surface area contributed by atoms with Crippen LogP contribution in [-0.4, -0.2) is 14.5 Å². The minimum Gasteiger partial charge on any atom is -0.444 e. The Morgan fingerprint density at radius 3 is 2.45 bits per heavy atom. The lowest BCUT2D eigenvalue weighted by Crippen LogP contribution is -2.19. The predicted octanol–water partition coefficient (Wildman–Crippen LogP) is 2.85. The third kappa shape index (κ3) is 4.30. The van der Waals surface area contributed by atoms with Crippen LogP contribution in [0.25, 0.3) is 0 Å². The lowest BCUT2D eigenvalue weighted by molar-refractivity contribution is 0.155. The van der Waals surface area contributed by atoms with Gasteiger partial charge in [-0.15, -0.1) is 0 Å². The minimum atomic E-state index is -3.99. The van der Waals surface area contributed by atoms with Gasteiger partial charge in [-0.1, -0.05) is 36.4 Å². The summed E-state index contributed by atoms with van der Waals surface area (Å²) < 4.78 is 28.5. The SMILES string of the molecule is NS(=O)(=O)c1c(Br)cccc1NC(=O)OCc1ccccc1. The molecule has 0 atom stereocenters. The van der Waals surface area contributed by atoms with Gasteiger partial charge in [0.1, 0.15) is 11.5 Å². The maximum Gasteiger partial charge on any atom is 0.411 e. The van der Waals surface area contributed by atoms with Gasteiger partial charge in [-0.2, -0.15) is 0 Å². The highest BCUT2D eigenvalue weighted by atomic mass is 79.9. The van der Waals surface area contributed by atoms with Gasteiger partial charge in [0.05, 0.1) is 5.69 Å². The Labute approximate surface area is 136 Å². The van der Waals surface area contributed by atoms with Crippen molar-refractivity contribution in [2.24, 2.45) is 5.14 Å². The minimum absolute atomic E-state index is 0.0509. The first-order valence-corrected chi connectivity index (χ1v) is 8.51. The van der Waals surface area contributed by atoms with E-state index in [9.17, 15) is 13.2 Å². The van der Waals surface area contributed by atoms with Crippen molar-refractivity contribution in [3.8, 4) is 0 Å². The summed E-state index contributed by atoms with van der Waals surface area (Å²) >= 11 is 3.10. The normalized spacial score (nSPS) is 11.0. The Morgan fingerprint density at radius 1 is 1.14 bits per heavy atom. The zero-order valence-corrected chi connectivity index (χ0v) is 13.7. The van der Waals surface area contributed by atoms with E-state index in [4.69, 9.17) is 9.88 Å². The number of hydrogen-bond donors (Lipinski definition) is 2. The van der Waals surface area contributed by atoms with Gasteiger partial charge < -0.3 is 4.74 Å². The summed E-state index contributed by atoms with van der Waals surface area (Å²) in [5.41, 5.74) is 0.869. The summed E-state index contributed by atoms with van der Waals surface area (Å²) in [6.45, 7) is 0.0748. The molecule has 6 nitrogen and oxygen atoms in total. The Balaban J connectivity index is 2.11. The van der Waals surface area contributed by atoms with E-state index in [0.717, 1.165) is 5.56 Å². The van der Waals surface area contributed by atoms with Crippen molar-refractivity contribution in [2.45, 2.75) is 11.5 Å². The van der Waals surface area contributed by atoms with Gasteiger partial charge in [0, 0.05) is 4.47 Å². The van der Waals surface area contributed by atoms with Gasteiger partial charge in [-0.25, -0.2) is 18.4 Å². The Kier molecular flexibility index (Phi) is 5.17. The molecule has 0 aliphatic rings. The van der Waals surface area contributed by atoms with E-state index >= 15 is 0 Å². The molecule has 0 unspecified atom stereocenters. The number of carbonyl (C=O) groups is 1. The third-order valence-corrected chi connectivity index (χ3v) is 4.63. The fraction of sp³-hybridized carbons (Fsp3) is 0.0714. The summed E-state index contributed by atoms with van der Waals surface area (Å²) in [7, 11) is -3.99. The topological polar surface area (TPSA) is 98.5 Å². The molecule has 0 aromatic heterocycles. The molecule has 0 heterocycles. The van der Waals surface area contributed by atoms with E-state index in [0.29, 0.717) is 0 Å². The number of benzene rings is 2. The number of sulfonamides is 1. The lowest BCUT2D eigenvalue weighted by Gasteiger charge is -2.11. The van der Waals surface area contributed by atoms with Crippen LogP contribution < -0.4 is 10.5 Å². The molecule has 2 rings (SSSR count). The van der Waals surface area contributed by atoms with E-state index in [1.807, 2.05) is 30.3 Å². The number of nitrogens with one attached hydrogen (secondary N) is 1. The van der Waals surface area contributed by atoms with Crippen LogP contribution in [-0.2, 0) is 21.4 Å². The summed E-state index contributed by atoms with van der Waals surface area (Å²) in [4.78, 5) is 11.6. The second kappa shape index (κ2) is 6.91. The van der Waals surface area contributed by atoms with Gasteiger partial charge in [-0.3, -0.25) is 5.32 Å². The van der Waals surface area contributed by atoms with E-state index in [1.165, 1.54) is 12.1 Å². The maximum absolute atomic E-state index is 11.8. The van der Waals surface area contributed by atoms with E-state index in [-0.39, 0.29) is 21.7 Å². The molecule has 116 valence electrons. The molecule has 22 heavy (non-hydrogen) atoms. The molecule has 0 fully saturated rings. The van der Waals surface area contributed by atoms with Crippen LogP contribution >= 0.6 is 15.9 Å². The number of nitrogens with two attached hydrogens (primary N) is 1. The molecule has 8 heteroatoms. The number of ether oxygens (including phenoxy) is 1. The van der Waals surface area contributed by atoms with Crippen LogP contribution in [0.2, 0.25) is 0 Å². The Hall–Kier alpha value is -1.90. The highest BCUT2D eigenvalue weighted by molar-refractivity contribution is 9.10. The molecule has 0 aliphatic carbocycles. The van der Waals surface area contributed by atoms with Gasteiger partial charge in [-0.05, 0) is 33.6 Å². The zero-order valence-electron chi connectivity index (χ0n) is 11.3. The first-order valence-electron chi connectivity index (χ1n) is 6.17. The standard InChI is InChI=1S/C14H13BrN2O4S/c15-11-7-4-8-12(13(11)22(16,19)20)17-14(18)21-9-10-5-2-1-3-6-10/h1-8H,9H2,(H,17,18)(H2,16,19,20). The van der Waals surface area contributed by atoms with Crippen molar-refractivity contribution in [3.05, 3.63) is 58.6 Å². The number of rotatable bonds is 4. The third-order valence-electron chi connectivity index (χ3n) is 2.70. The average Bonchev–Trinajstić information content (AvgIpc) is 2.45. The molecule has 0 bridgehead atoms. The summed E-state index contributed by atoms with van der Waals surface area (Å²) in [6.07, 6.45) is -0.771. The number of amides is 1. The first-order chi connectivity index (χ1) is 10.4. The lowest BCUT2D eigenvalue weighted by atomic mass is 10.2. The quantitative estimate of drug-likeness (QED) is 0.846. The first kappa shape index (κ1) is 16.5. The Bertz CT molecular complexity index is 779. The number of hydrogen-bond acceptors (Lipinski definition) is 4. The van der Waals surface area contributed by atoms with E-state index in [1.54, 1.807) is 6.07 Å². The van der Waals surface area contributed by atoms with E-state index < -0.39 is 16.1 Å². The molecular weight excluding hydrogens is 372 g/mol. The molecule has 0 saturated carbocycles. The molecule has 0 spiro atoms. The summed E-state index contributed by atoms with van der Waals surface area (Å²) in [6, 6.07) is 13.6. The molecular formula is C14H13BrN2O4S. The van der Waals surface area contributed by atoms with Crippen LogP contribution in [0.3, 0.4) is 0 Å². The van der Waals surface area contributed by atoms with Crippen LogP contribution in [0.15, 0.2) is 57.9 Å². The van der Waals surface area contributed by atoms with Crippen LogP contribution in [0.1, 0.15) is 5.56 Å². The molecule has 2 aromatic carbocycles. The van der Waals surface area contributed by atoms with Crippen molar-refractivity contribution >= 4 is 37.7 Å². The maximum atomic E-state index is 11.8. The smallest absolute Gasteiger partial charge is 0.411 e. The van der Waals surface area contributed by atoms with Crippen LogP contribution in [0.5, 0.6) is 0 Å². The fourth-order valence-corrected chi connectivity index (χ4v) is 3.57.